The molecule has 0 bridgehead atoms. The highest BCUT2D eigenvalue weighted by molar-refractivity contribution is 5.41. The Morgan fingerprint density at radius 2 is 2.16 bits per heavy atom. The van der Waals surface area contributed by atoms with Gasteiger partial charge in [0.25, 0.3) is 0 Å². The zero-order valence-corrected chi connectivity index (χ0v) is 14.2. The molecule has 7 heteroatoms. The van der Waals surface area contributed by atoms with Gasteiger partial charge >= 0.3 is 0 Å². The van der Waals surface area contributed by atoms with E-state index in [1.165, 1.54) is 0 Å². The number of hydrogen-bond acceptors (Lipinski definition) is 5. The molecule has 1 saturated carbocycles. The number of aromatic nitrogens is 5. The van der Waals surface area contributed by atoms with Gasteiger partial charge in [0, 0.05) is 25.1 Å². The molecule has 0 spiro atoms. The topological polar surface area (TPSA) is 80.8 Å². The van der Waals surface area contributed by atoms with Crippen molar-refractivity contribution in [2.24, 2.45) is 5.92 Å². The van der Waals surface area contributed by atoms with Crippen LogP contribution in [0.5, 0.6) is 0 Å². The molecule has 4 rings (SSSR count). The smallest absolute Gasteiger partial charge is 0.155 e. The first-order chi connectivity index (χ1) is 12.2. The van der Waals surface area contributed by atoms with Crippen LogP contribution in [0.25, 0.3) is 5.82 Å². The van der Waals surface area contributed by atoms with E-state index in [9.17, 15) is 5.11 Å². The molecule has 7 nitrogen and oxygen atoms in total. The third kappa shape index (κ3) is 3.56. The Hall–Kier alpha value is -2.67. The van der Waals surface area contributed by atoms with Crippen molar-refractivity contribution in [2.45, 2.75) is 38.5 Å². The van der Waals surface area contributed by atoms with Crippen molar-refractivity contribution < 1.29 is 5.11 Å². The van der Waals surface area contributed by atoms with Crippen LogP contribution in [0.4, 0.5) is 5.82 Å². The molecule has 0 aromatic carbocycles. The second kappa shape index (κ2) is 6.68. The molecule has 0 aliphatic heterocycles. The average molecular weight is 338 g/mol. The second-order valence-electron chi connectivity index (χ2n) is 6.73. The van der Waals surface area contributed by atoms with E-state index < -0.39 is 0 Å². The summed E-state index contributed by atoms with van der Waals surface area (Å²) in [5.41, 5.74) is 1.09. The number of aliphatic hydroxyl groups is 1. The van der Waals surface area contributed by atoms with E-state index in [1.807, 2.05) is 54.5 Å². The number of pyridine rings is 1. The Bertz CT molecular complexity index is 828. The summed E-state index contributed by atoms with van der Waals surface area (Å²) in [4.78, 5) is 4.62. The number of nitrogens with zero attached hydrogens (tertiary/aromatic N) is 5. The van der Waals surface area contributed by atoms with Gasteiger partial charge in [0.2, 0.25) is 0 Å². The van der Waals surface area contributed by atoms with E-state index in [1.54, 1.807) is 10.9 Å². The van der Waals surface area contributed by atoms with E-state index in [0.717, 1.165) is 36.6 Å². The first-order valence-electron chi connectivity index (χ1n) is 8.58. The average Bonchev–Trinajstić information content (AvgIpc) is 3.32. The van der Waals surface area contributed by atoms with Crippen molar-refractivity contribution in [2.75, 3.05) is 5.32 Å². The van der Waals surface area contributed by atoms with E-state index in [4.69, 9.17) is 0 Å². The van der Waals surface area contributed by atoms with Crippen molar-refractivity contribution in [1.82, 2.24) is 24.5 Å². The van der Waals surface area contributed by atoms with Gasteiger partial charge in [0.1, 0.15) is 5.82 Å². The lowest BCUT2D eigenvalue weighted by atomic mass is 10.1. The fraction of sp³-hybridized carbons (Fsp3) is 0.389. The summed E-state index contributed by atoms with van der Waals surface area (Å²) in [6, 6.07) is 7.72. The predicted molar refractivity (Wildman–Crippen MR) is 94.5 cm³/mol. The molecule has 3 aromatic heterocycles. The first-order valence-corrected chi connectivity index (χ1v) is 8.58. The van der Waals surface area contributed by atoms with Crippen molar-refractivity contribution in [3.05, 3.63) is 54.6 Å². The fourth-order valence-corrected chi connectivity index (χ4v) is 3.45. The van der Waals surface area contributed by atoms with Crippen LogP contribution in [0.2, 0.25) is 0 Å². The Morgan fingerprint density at radius 1 is 1.24 bits per heavy atom. The van der Waals surface area contributed by atoms with Gasteiger partial charge < -0.3 is 10.4 Å². The maximum atomic E-state index is 10.4. The molecule has 1 aliphatic carbocycles. The summed E-state index contributed by atoms with van der Waals surface area (Å²) in [5, 5.41) is 22.3. The molecular weight excluding hydrogens is 316 g/mol. The summed E-state index contributed by atoms with van der Waals surface area (Å²) in [7, 11) is 0. The Labute approximate surface area is 146 Å². The monoisotopic (exact) mass is 338 g/mol. The molecule has 3 atom stereocenters. The summed E-state index contributed by atoms with van der Waals surface area (Å²) in [6.07, 6.45) is 8.79. The molecular formula is C18H22N6O. The summed E-state index contributed by atoms with van der Waals surface area (Å²) in [5.74, 6) is 1.93. The van der Waals surface area contributed by atoms with Gasteiger partial charge in [-0.1, -0.05) is 6.07 Å². The van der Waals surface area contributed by atoms with Crippen LogP contribution in [0.3, 0.4) is 0 Å². The van der Waals surface area contributed by atoms with Gasteiger partial charge in [-0.15, -0.1) is 0 Å². The number of anilines is 1. The Morgan fingerprint density at radius 3 is 2.92 bits per heavy atom. The highest BCUT2D eigenvalue weighted by Gasteiger charge is 2.33. The molecule has 1 aliphatic rings. The van der Waals surface area contributed by atoms with E-state index in [0.29, 0.717) is 5.92 Å². The largest absolute Gasteiger partial charge is 0.391 e. The number of aryl methyl sites for hydroxylation is 1. The van der Waals surface area contributed by atoms with Crippen LogP contribution in [-0.2, 0) is 6.54 Å². The highest BCUT2D eigenvalue weighted by Crippen LogP contribution is 2.29. The minimum absolute atomic E-state index is 0.00247. The lowest BCUT2D eigenvalue weighted by Gasteiger charge is -2.17. The standard InChI is InChI=1S/C18H22N6O/c1-13-10-20-24(11-13)18-5-2-4-17(22-18)21-15-8-14(9-16(15)25)12-23-7-3-6-19-23/h2-7,10-11,14-16,25H,8-9,12H2,1H3,(H,21,22)/t14?,15-,16-/m1/s1. The molecule has 3 heterocycles. The van der Waals surface area contributed by atoms with Crippen molar-refractivity contribution in [3.8, 4) is 5.82 Å². The molecule has 2 N–H and O–H groups in total. The summed E-state index contributed by atoms with van der Waals surface area (Å²) >= 11 is 0. The molecule has 1 fully saturated rings. The number of rotatable bonds is 5. The third-order valence-corrected chi connectivity index (χ3v) is 4.65. The molecule has 1 unspecified atom stereocenters. The van der Waals surface area contributed by atoms with Crippen LogP contribution in [0.15, 0.2) is 49.1 Å². The second-order valence-corrected chi connectivity index (χ2v) is 6.73. The highest BCUT2D eigenvalue weighted by atomic mass is 16.3. The van der Waals surface area contributed by atoms with Gasteiger partial charge in [-0.2, -0.15) is 10.2 Å². The zero-order chi connectivity index (χ0) is 17.2. The molecule has 130 valence electrons. The minimum Gasteiger partial charge on any atom is -0.391 e. The normalized spacial score (nSPS) is 23.0. The van der Waals surface area contributed by atoms with Crippen molar-refractivity contribution >= 4 is 5.82 Å². The SMILES string of the molecule is Cc1cnn(-c2cccc(N[C@@H]3CC(Cn4cccn4)C[C@H]3O)n2)c1. The maximum Gasteiger partial charge on any atom is 0.155 e. The number of aliphatic hydroxyl groups excluding tert-OH is 1. The molecule has 0 amide bonds. The van der Waals surface area contributed by atoms with Gasteiger partial charge in [-0.25, -0.2) is 9.67 Å². The Balaban J connectivity index is 1.43. The number of hydrogen-bond donors (Lipinski definition) is 2. The van der Waals surface area contributed by atoms with Gasteiger partial charge in [-0.05, 0) is 49.4 Å². The van der Waals surface area contributed by atoms with Crippen LogP contribution in [0, 0.1) is 12.8 Å². The minimum atomic E-state index is -0.377. The quantitative estimate of drug-likeness (QED) is 0.744. The zero-order valence-electron chi connectivity index (χ0n) is 14.2. The van der Waals surface area contributed by atoms with Crippen molar-refractivity contribution in [3.63, 3.8) is 0 Å². The van der Waals surface area contributed by atoms with Crippen LogP contribution in [-0.4, -0.2) is 41.8 Å². The maximum absolute atomic E-state index is 10.4. The predicted octanol–water partition coefficient (Wildman–Crippen LogP) is 2.02. The lowest BCUT2D eigenvalue weighted by Crippen LogP contribution is -2.28. The van der Waals surface area contributed by atoms with E-state index in [2.05, 4.69) is 20.5 Å². The van der Waals surface area contributed by atoms with Crippen molar-refractivity contribution in [1.29, 1.82) is 0 Å². The third-order valence-electron chi connectivity index (χ3n) is 4.65. The first kappa shape index (κ1) is 15.8. The molecule has 25 heavy (non-hydrogen) atoms. The molecule has 0 saturated heterocycles. The summed E-state index contributed by atoms with van der Waals surface area (Å²) < 4.78 is 3.69. The number of nitrogens with one attached hydrogen (secondary N) is 1. The lowest BCUT2D eigenvalue weighted by molar-refractivity contribution is 0.166. The molecule has 3 aromatic rings. The summed E-state index contributed by atoms with van der Waals surface area (Å²) in [6.45, 7) is 2.84. The van der Waals surface area contributed by atoms with Gasteiger partial charge in [-0.3, -0.25) is 4.68 Å². The molecule has 0 radical (unpaired) electrons. The van der Waals surface area contributed by atoms with Crippen LogP contribution < -0.4 is 5.32 Å². The fourth-order valence-electron chi connectivity index (χ4n) is 3.45. The van der Waals surface area contributed by atoms with Crippen LogP contribution >= 0.6 is 0 Å². The van der Waals surface area contributed by atoms with Gasteiger partial charge in [0.05, 0.1) is 18.3 Å². The Kier molecular flexibility index (Phi) is 4.23. The van der Waals surface area contributed by atoms with Gasteiger partial charge in [0.15, 0.2) is 5.82 Å². The van der Waals surface area contributed by atoms with Crippen LogP contribution in [0.1, 0.15) is 18.4 Å². The van der Waals surface area contributed by atoms with E-state index in [-0.39, 0.29) is 12.1 Å². The van der Waals surface area contributed by atoms with E-state index >= 15 is 0 Å².